The van der Waals surface area contributed by atoms with Crippen LogP contribution >= 0.6 is 23.2 Å². The van der Waals surface area contributed by atoms with Crippen LogP contribution in [-0.2, 0) is 26.2 Å². The van der Waals surface area contributed by atoms with Gasteiger partial charge in [-0.25, -0.2) is 12.8 Å². The fraction of sp³-hybridized carbons (Fsp3) is 0.259. The van der Waals surface area contributed by atoms with Gasteiger partial charge in [0.05, 0.1) is 10.6 Å². The van der Waals surface area contributed by atoms with Crippen molar-refractivity contribution in [3.05, 3.63) is 93.7 Å². The van der Waals surface area contributed by atoms with Gasteiger partial charge >= 0.3 is 0 Å². The van der Waals surface area contributed by atoms with Crippen LogP contribution in [0.1, 0.15) is 25.0 Å². The Bertz CT molecular complexity index is 1400. The first-order valence-electron chi connectivity index (χ1n) is 11.8. The monoisotopic (exact) mass is 579 g/mol. The summed E-state index contributed by atoms with van der Waals surface area (Å²) in [5, 5.41) is 3.38. The molecular formula is C27H28Cl2FN3O4S. The van der Waals surface area contributed by atoms with Crippen LogP contribution in [0.15, 0.2) is 71.6 Å². The lowest BCUT2D eigenvalue weighted by atomic mass is 10.1. The minimum Gasteiger partial charge on any atom is -0.355 e. The van der Waals surface area contributed by atoms with Crippen molar-refractivity contribution in [3.63, 3.8) is 0 Å². The van der Waals surface area contributed by atoms with Crippen LogP contribution in [0.3, 0.4) is 0 Å². The Labute approximate surface area is 232 Å². The fourth-order valence-corrected chi connectivity index (χ4v) is 5.59. The molecule has 3 rings (SSSR count). The number of hydrogen-bond acceptors (Lipinski definition) is 4. The average Bonchev–Trinajstić information content (AvgIpc) is 2.87. The van der Waals surface area contributed by atoms with Crippen molar-refractivity contribution in [1.82, 2.24) is 10.2 Å². The van der Waals surface area contributed by atoms with Crippen molar-refractivity contribution in [2.45, 2.75) is 38.3 Å². The Morgan fingerprint density at radius 1 is 1.00 bits per heavy atom. The van der Waals surface area contributed by atoms with Crippen molar-refractivity contribution in [2.24, 2.45) is 0 Å². The van der Waals surface area contributed by atoms with Crippen LogP contribution in [0.2, 0.25) is 10.0 Å². The molecule has 0 saturated heterocycles. The van der Waals surface area contributed by atoms with Crippen LogP contribution < -0.4 is 9.62 Å². The minimum atomic E-state index is -4.24. The van der Waals surface area contributed by atoms with Crippen LogP contribution in [-0.4, -0.2) is 44.3 Å². The standard InChI is InChI=1S/C27H28Cl2FN3O4S/c1-4-31-27(35)19(3)32(16-20-7-8-21(28)15-25(20)29)26(34)17-33(23-11-9-22(30)10-12-23)38(36,37)24-13-5-18(2)6-14-24/h5-15,19H,4,16-17H2,1-3H3,(H,31,35). The number of amides is 2. The second-order valence-electron chi connectivity index (χ2n) is 8.63. The molecule has 0 heterocycles. The topological polar surface area (TPSA) is 86.8 Å². The van der Waals surface area contributed by atoms with Gasteiger partial charge in [-0.15, -0.1) is 0 Å². The Morgan fingerprint density at radius 3 is 2.21 bits per heavy atom. The van der Waals surface area contributed by atoms with Gasteiger partial charge in [0.15, 0.2) is 0 Å². The van der Waals surface area contributed by atoms with E-state index < -0.39 is 40.2 Å². The molecule has 0 radical (unpaired) electrons. The highest BCUT2D eigenvalue weighted by Gasteiger charge is 2.32. The first kappa shape index (κ1) is 29.4. The summed E-state index contributed by atoms with van der Waals surface area (Å²) < 4.78 is 42.0. The maximum atomic E-state index is 13.8. The van der Waals surface area contributed by atoms with Crippen molar-refractivity contribution in [3.8, 4) is 0 Å². The Morgan fingerprint density at radius 2 is 1.63 bits per heavy atom. The van der Waals surface area contributed by atoms with E-state index in [0.717, 1.165) is 22.0 Å². The highest BCUT2D eigenvalue weighted by molar-refractivity contribution is 7.92. The van der Waals surface area contributed by atoms with Crippen molar-refractivity contribution < 1.29 is 22.4 Å². The zero-order chi connectivity index (χ0) is 28.0. The maximum absolute atomic E-state index is 13.8. The van der Waals surface area contributed by atoms with Crippen molar-refractivity contribution >= 4 is 50.7 Å². The summed E-state index contributed by atoms with van der Waals surface area (Å²) in [4.78, 5) is 27.7. The number of carbonyl (C=O) groups excluding carboxylic acids is 2. The van der Waals surface area contributed by atoms with E-state index in [9.17, 15) is 22.4 Å². The van der Waals surface area contributed by atoms with Crippen LogP contribution in [0.5, 0.6) is 0 Å². The second-order valence-corrected chi connectivity index (χ2v) is 11.3. The zero-order valence-electron chi connectivity index (χ0n) is 21.1. The zero-order valence-corrected chi connectivity index (χ0v) is 23.4. The van der Waals surface area contributed by atoms with Crippen LogP contribution in [0.4, 0.5) is 10.1 Å². The molecule has 1 unspecified atom stereocenters. The number of anilines is 1. The molecule has 0 aliphatic heterocycles. The molecule has 3 aromatic rings. The summed E-state index contributed by atoms with van der Waals surface area (Å²) in [7, 11) is -4.24. The predicted molar refractivity (Wildman–Crippen MR) is 147 cm³/mol. The molecule has 0 saturated carbocycles. The molecular weight excluding hydrogens is 552 g/mol. The lowest BCUT2D eigenvalue weighted by Crippen LogP contribution is -2.51. The third-order valence-electron chi connectivity index (χ3n) is 5.88. The molecule has 0 aromatic heterocycles. The molecule has 0 spiro atoms. The molecule has 0 aliphatic rings. The maximum Gasteiger partial charge on any atom is 0.264 e. The van der Waals surface area contributed by atoms with Gasteiger partial charge in [-0.1, -0.05) is 47.0 Å². The summed E-state index contributed by atoms with van der Waals surface area (Å²) in [6.45, 7) is 4.74. The lowest BCUT2D eigenvalue weighted by molar-refractivity contribution is -0.139. The first-order chi connectivity index (χ1) is 17.9. The van der Waals surface area contributed by atoms with E-state index in [0.29, 0.717) is 22.2 Å². The molecule has 0 aliphatic carbocycles. The smallest absolute Gasteiger partial charge is 0.264 e. The molecule has 1 N–H and O–H groups in total. The highest BCUT2D eigenvalue weighted by atomic mass is 35.5. The first-order valence-corrected chi connectivity index (χ1v) is 14.0. The molecule has 7 nitrogen and oxygen atoms in total. The molecule has 202 valence electrons. The molecule has 0 bridgehead atoms. The molecule has 3 aromatic carbocycles. The summed E-state index contributed by atoms with van der Waals surface area (Å²) in [6, 6.07) is 14.8. The number of sulfonamides is 1. The van der Waals surface area contributed by atoms with Gasteiger partial charge < -0.3 is 10.2 Å². The van der Waals surface area contributed by atoms with Crippen LogP contribution in [0.25, 0.3) is 0 Å². The third kappa shape index (κ3) is 7.03. The predicted octanol–water partition coefficient (Wildman–Crippen LogP) is 5.19. The number of hydrogen-bond donors (Lipinski definition) is 1. The average molecular weight is 581 g/mol. The van der Waals surface area contributed by atoms with Gasteiger partial charge in [-0.3, -0.25) is 13.9 Å². The Kier molecular flexibility index (Phi) is 9.76. The van der Waals surface area contributed by atoms with Crippen LogP contribution in [0, 0.1) is 12.7 Å². The van der Waals surface area contributed by atoms with Gasteiger partial charge in [0, 0.05) is 23.1 Å². The molecule has 0 fully saturated rings. The number of likely N-dealkylation sites (N-methyl/N-ethyl adjacent to an activating group) is 1. The number of rotatable bonds is 10. The van der Waals surface area contributed by atoms with Gasteiger partial charge in [0.25, 0.3) is 10.0 Å². The highest BCUT2D eigenvalue weighted by Crippen LogP contribution is 2.27. The van der Waals surface area contributed by atoms with Crippen molar-refractivity contribution in [2.75, 3.05) is 17.4 Å². The molecule has 2 amide bonds. The largest absolute Gasteiger partial charge is 0.355 e. The number of aryl methyl sites for hydroxylation is 1. The van der Waals surface area contributed by atoms with E-state index >= 15 is 0 Å². The number of nitrogens with zero attached hydrogens (tertiary/aromatic N) is 2. The van der Waals surface area contributed by atoms with E-state index in [4.69, 9.17) is 23.2 Å². The number of halogens is 3. The van der Waals surface area contributed by atoms with Crippen molar-refractivity contribution in [1.29, 1.82) is 0 Å². The molecule has 1 atom stereocenters. The third-order valence-corrected chi connectivity index (χ3v) is 8.25. The Balaban J connectivity index is 2.04. The van der Waals surface area contributed by atoms with E-state index in [2.05, 4.69) is 5.32 Å². The number of nitrogens with one attached hydrogen (secondary N) is 1. The SMILES string of the molecule is CCNC(=O)C(C)N(Cc1ccc(Cl)cc1Cl)C(=O)CN(c1ccc(F)cc1)S(=O)(=O)c1ccc(C)cc1. The number of benzene rings is 3. The van der Waals surface area contributed by atoms with E-state index in [1.54, 1.807) is 38.1 Å². The Hall–Kier alpha value is -3.14. The summed E-state index contributed by atoms with van der Waals surface area (Å²) >= 11 is 12.3. The van der Waals surface area contributed by atoms with E-state index in [1.807, 2.05) is 6.92 Å². The summed E-state index contributed by atoms with van der Waals surface area (Å²) in [5.74, 6) is -1.63. The summed E-state index contributed by atoms with van der Waals surface area (Å²) in [6.07, 6.45) is 0. The lowest BCUT2D eigenvalue weighted by Gasteiger charge is -2.32. The van der Waals surface area contributed by atoms with Gasteiger partial charge in [-0.05, 0) is 74.9 Å². The van der Waals surface area contributed by atoms with Gasteiger partial charge in [0.1, 0.15) is 18.4 Å². The fourth-order valence-electron chi connectivity index (χ4n) is 3.71. The normalized spacial score (nSPS) is 12.1. The molecule has 11 heteroatoms. The van der Waals surface area contributed by atoms with Gasteiger partial charge in [-0.2, -0.15) is 0 Å². The molecule has 38 heavy (non-hydrogen) atoms. The number of carbonyl (C=O) groups is 2. The van der Waals surface area contributed by atoms with E-state index in [-0.39, 0.29) is 17.1 Å². The second kappa shape index (κ2) is 12.6. The van der Waals surface area contributed by atoms with Gasteiger partial charge in [0.2, 0.25) is 11.8 Å². The minimum absolute atomic E-state index is 0.0377. The quantitative estimate of drug-likeness (QED) is 0.358. The summed E-state index contributed by atoms with van der Waals surface area (Å²) in [5.41, 5.74) is 1.47. The van der Waals surface area contributed by atoms with E-state index in [1.165, 1.54) is 35.2 Å².